The lowest BCUT2D eigenvalue weighted by Gasteiger charge is -2.27. The molecular weight excluding hydrogens is 292 g/mol. The van der Waals surface area contributed by atoms with Crippen LogP contribution in [0, 0.1) is 0 Å². The van der Waals surface area contributed by atoms with Gasteiger partial charge in [-0.25, -0.2) is 4.98 Å². The number of aromatic amines is 1. The highest BCUT2D eigenvalue weighted by Gasteiger charge is 2.21. The van der Waals surface area contributed by atoms with E-state index in [1.165, 1.54) is 0 Å². The Bertz CT molecular complexity index is 742. The second-order valence-electron chi connectivity index (χ2n) is 5.88. The molecule has 0 radical (unpaired) electrons. The molecule has 0 spiro atoms. The largest absolute Gasteiger partial charge is 0.495 e. The molecule has 1 N–H and O–H groups in total. The first kappa shape index (κ1) is 15.7. The van der Waals surface area contributed by atoms with Gasteiger partial charge in [0.05, 0.1) is 24.6 Å². The van der Waals surface area contributed by atoms with Gasteiger partial charge in [-0.3, -0.25) is 14.7 Å². The standard InChI is InChI=1S/C17H22N4O2/c1-3-4-16-19-15-5-6-21(11-14(15)17(22)20-16)10-12-7-13(23-2)9-18-8-12/h7-9H,3-6,10-11H2,1-2H3,(H,19,20,22). The molecule has 1 aliphatic rings. The number of pyridine rings is 1. The lowest BCUT2D eigenvalue weighted by atomic mass is 10.1. The maximum Gasteiger partial charge on any atom is 0.255 e. The van der Waals surface area contributed by atoms with E-state index in [0.717, 1.165) is 60.7 Å². The van der Waals surface area contributed by atoms with Crippen LogP contribution >= 0.6 is 0 Å². The second-order valence-corrected chi connectivity index (χ2v) is 5.88. The third kappa shape index (κ3) is 3.59. The Labute approximate surface area is 135 Å². The molecule has 0 aromatic carbocycles. The van der Waals surface area contributed by atoms with E-state index in [2.05, 4.69) is 26.8 Å². The van der Waals surface area contributed by atoms with Gasteiger partial charge in [-0.15, -0.1) is 0 Å². The van der Waals surface area contributed by atoms with Crippen LogP contribution in [0.1, 0.15) is 36.0 Å². The number of aryl methyl sites for hydroxylation is 1. The molecule has 2 aromatic rings. The number of fused-ring (bicyclic) bond motifs is 1. The molecule has 0 unspecified atom stereocenters. The summed E-state index contributed by atoms with van der Waals surface area (Å²) in [6.07, 6.45) is 6.15. The molecule has 2 aromatic heterocycles. The van der Waals surface area contributed by atoms with Crippen LogP contribution in [-0.2, 0) is 25.9 Å². The van der Waals surface area contributed by atoms with Crippen molar-refractivity contribution in [1.29, 1.82) is 0 Å². The van der Waals surface area contributed by atoms with Crippen molar-refractivity contribution in [3.8, 4) is 5.75 Å². The van der Waals surface area contributed by atoms with Crippen LogP contribution in [0.25, 0.3) is 0 Å². The SMILES string of the molecule is CCCc1nc2c(c(=O)[nH]1)CN(Cc1cncc(OC)c1)CC2. The van der Waals surface area contributed by atoms with Crippen LogP contribution in [0.15, 0.2) is 23.3 Å². The van der Waals surface area contributed by atoms with Gasteiger partial charge in [0.1, 0.15) is 11.6 Å². The lowest BCUT2D eigenvalue weighted by molar-refractivity contribution is 0.240. The summed E-state index contributed by atoms with van der Waals surface area (Å²) in [7, 11) is 1.64. The molecule has 0 aliphatic carbocycles. The molecule has 0 fully saturated rings. The van der Waals surface area contributed by atoms with E-state index in [1.54, 1.807) is 13.3 Å². The Morgan fingerprint density at radius 2 is 2.26 bits per heavy atom. The number of rotatable bonds is 5. The maximum absolute atomic E-state index is 12.3. The minimum Gasteiger partial charge on any atom is -0.495 e. The fourth-order valence-electron chi connectivity index (χ4n) is 2.94. The van der Waals surface area contributed by atoms with Gasteiger partial charge in [0.15, 0.2) is 0 Å². The van der Waals surface area contributed by atoms with E-state index in [-0.39, 0.29) is 5.56 Å². The first-order valence-corrected chi connectivity index (χ1v) is 8.00. The van der Waals surface area contributed by atoms with E-state index in [4.69, 9.17) is 4.74 Å². The number of nitrogens with one attached hydrogen (secondary N) is 1. The molecule has 0 atom stereocenters. The molecule has 23 heavy (non-hydrogen) atoms. The zero-order valence-electron chi connectivity index (χ0n) is 13.6. The first-order valence-electron chi connectivity index (χ1n) is 8.00. The third-order valence-electron chi connectivity index (χ3n) is 4.10. The zero-order chi connectivity index (χ0) is 16.2. The van der Waals surface area contributed by atoms with Gasteiger partial charge < -0.3 is 9.72 Å². The average Bonchev–Trinajstić information content (AvgIpc) is 2.56. The van der Waals surface area contributed by atoms with Crippen LogP contribution in [-0.4, -0.2) is 33.5 Å². The Morgan fingerprint density at radius 1 is 1.39 bits per heavy atom. The van der Waals surface area contributed by atoms with Crippen molar-refractivity contribution in [3.63, 3.8) is 0 Å². The summed E-state index contributed by atoms with van der Waals surface area (Å²) in [5.41, 5.74) is 2.84. The van der Waals surface area contributed by atoms with Gasteiger partial charge in [0.25, 0.3) is 5.56 Å². The van der Waals surface area contributed by atoms with Crippen LogP contribution < -0.4 is 10.3 Å². The van der Waals surface area contributed by atoms with Crippen molar-refractivity contribution in [1.82, 2.24) is 19.9 Å². The van der Waals surface area contributed by atoms with Crippen molar-refractivity contribution in [2.75, 3.05) is 13.7 Å². The number of nitrogens with zero attached hydrogens (tertiary/aromatic N) is 3. The Balaban J connectivity index is 1.76. The molecule has 0 bridgehead atoms. The predicted molar refractivity (Wildman–Crippen MR) is 87.5 cm³/mol. The highest BCUT2D eigenvalue weighted by molar-refractivity contribution is 5.25. The molecule has 0 amide bonds. The number of ether oxygens (including phenoxy) is 1. The molecule has 6 heteroatoms. The van der Waals surface area contributed by atoms with Gasteiger partial charge in [-0.2, -0.15) is 0 Å². The molecule has 6 nitrogen and oxygen atoms in total. The molecule has 0 saturated heterocycles. The number of methoxy groups -OCH3 is 1. The van der Waals surface area contributed by atoms with Gasteiger partial charge in [-0.05, 0) is 18.1 Å². The topological polar surface area (TPSA) is 71.1 Å². The van der Waals surface area contributed by atoms with Crippen molar-refractivity contribution >= 4 is 0 Å². The first-order chi connectivity index (χ1) is 11.2. The summed E-state index contributed by atoms with van der Waals surface area (Å²) < 4.78 is 5.21. The number of H-pyrrole nitrogens is 1. The fourth-order valence-corrected chi connectivity index (χ4v) is 2.94. The van der Waals surface area contributed by atoms with Crippen molar-refractivity contribution in [2.45, 2.75) is 39.3 Å². The van der Waals surface area contributed by atoms with Crippen LogP contribution in [0.5, 0.6) is 5.75 Å². The Morgan fingerprint density at radius 3 is 3.04 bits per heavy atom. The van der Waals surface area contributed by atoms with E-state index >= 15 is 0 Å². The van der Waals surface area contributed by atoms with Crippen molar-refractivity contribution in [3.05, 3.63) is 51.5 Å². The van der Waals surface area contributed by atoms with Gasteiger partial charge >= 0.3 is 0 Å². The van der Waals surface area contributed by atoms with Crippen LogP contribution in [0.3, 0.4) is 0 Å². The van der Waals surface area contributed by atoms with E-state index < -0.39 is 0 Å². The highest BCUT2D eigenvalue weighted by atomic mass is 16.5. The second kappa shape index (κ2) is 6.91. The van der Waals surface area contributed by atoms with Gasteiger partial charge in [-0.1, -0.05) is 6.92 Å². The number of hydrogen-bond donors (Lipinski definition) is 1. The number of hydrogen-bond acceptors (Lipinski definition) is 5. The predicted octanol–water partition coefficient (Wildman–Crippen LogP) is 1.68. The van der Waals surface area contributed by atoms with E-state index in [1.807, 2.05) is 12.3 Å². The molecule has 0 saturated carbocycles. The van der Waals surface area contributed by atoms with Crippen molar-refractivity contribution in [2.24, 2.45) is 0 Å². The smallest absolute Gasteiger partial charge is 0.255 e. The maximum atomic E-state index is 12.3. The average molecular weight is 314 g/mol. The lowest BCUT2D eigenvalue weighted by Crippen LogP contribution is -2.35. The van der Waals surface area contributed by atoms with E-state index in [9.17, 15) is 4.79 Å². The highest BCUT2D eigenvalue weighted by Crippen LogP contribution is 2.18. The summed E-state index contributed by atoms with van der Waals surface area (Å²) in [5.74, 6) is 1.56. The number of aromatic nitrogens is 3. The normalized spacial score (nSPS) is 14.5. The van der Waals surface area contributed by atoms with Crippen LogP contribution in [0.2, 0.25) is 0 Å². The minimum absolute atomic E-state index is 0.00640. The summed E-state index contributed by atoms with van der Waals surface area (Å²) in [5, 5.41) is 0. The zero-order valence-corrected chi connectivity index (χ0v) is 13.6. The van der Waals surface area contributed by atoms with Crippen molar-refractivity contribution < 1.29 is 4.74 Å². The van der Waals surface area contributed by atoms with Gasteiger partial charge in [0.2, 0.25) is 0 Å². The quantitative estimate of drug-likeness (QED) is 0.909. The van der Waals surface area contributed by atoms with Crippen LogP contribution in [0.4, 0.5) is 0 Å². The summed E-state index contributed by atoms with van der Waals surface area (Å²) in [6, 6.07) is 1.98. The summed E-state index contributed by atoms with van der Waals surface area (Å²) in [4.78, 5) is 26.3. The molecule has 122 valence electrons. The molecule has 1 aliphatic heterocycles. The van der Waals surface area contributed by atoms with E-state index in [0.29, 0.717) is 6.54 Å². The molecule has 3 heterocycles. The summed E-state index contributed by atoms with van der Waals surface area (Å²) >= 11 is 0. The molecule has 3 rings (SSSR count). The minimum atomic E-state index is 0.00640. The Kier molecular flexibility index (Phi) is 4.71. The third-order valence-corrected chi connectivity index (χ3v) is 4.10. The fraction of sp³-hybridized carbons (Fsp3) is 0.471. The summed E-state index contributed by atoms with van der Waals surface area (Å²) in [6.45, 7) is 4.36. The monoisotopic (exact) mass is 314 g/mol. The van der Waals surface area contributed by atoms with Gasteiger partial charge in [0, 0.05) is 38.7 Å². The molecular formula is C17H22N4O2. The Hall–Kier alpha value is -2.21.